The molecule has 0 amide bonds. The summed E-state index contributed by atoms with van der Waals surface area (Å²) in [5, 5.41) is 9.48. The molecule has 0 aliphatic carbocycles. The van der Waals surface area contributed by atoms with Crippen LogP contribution in [0.5, 0.6) is 0 Å². The van der Waals surface area contributed by atoms with E-state index >= 15 is 0 Å². The van der Waals surface area contributed by atoms with Gasteiger partial charge in [-0.2, -0.15) is 0 Å². The number of carboxylic acids is 1. The molecule has 0 aliphatic heterocycles. The van der Waals surface area contributed by atoms with Crippen molar-refractivity contribution in [1.29, 1.82) is 0 Å². The van der Waals surface area contributed by atoms with E-state index in [-0.39, 0.29) is 0 Å². The zero-order chi connectivity index (χ0) is 14.5. The number of aryl methyl sites for hydroxylation is 1. The van der Waals surface area contributed by atoms with Crippen LogP contribution in [0.2, 0.25) is 0 Å². The molecule has 2 aromatic rings. The molecule has 20 heavy (non-hydrogen) atoms. The molecule has 0 aliphatic rings. The molecular formula is C16H16O2S2. The lowest BCUT2D eigenvalue weighted by atomic mass is 10.2. The zero-order valence-electron chi connectivity index (χ0n) is 11.4. The van der Waals surface area contributed by atoms with Gasteiger partial charge in [-0.3, -0.25) is 0 Å². The predicted octanol–water partition coefficient (Wildman–Crippen LogP) is 4.96. The first kappa shape index (κ1) is 15.0. The van der Waals surface area contributed by atoms with E-state index in [9.17, 15) is 9.90 Å². The Morgan fingerprint density at radius 2 is 1.85 bits per heavy atom. The Bertz CT molecular complexity index is 624. The summed E-state index contributed by atoms with van der Waals surface area (Å²) in [6.45, 7) is 4.06. The molecule has 0 saturated heterocycles. The van der Waals surface area contributed by atoms with Crippen molar-refractivity contribution in [2.45, 2.75) is 28.5 Å². The van der Waals surface area contributed by atoms with Gasteiger partial charge in [-0.05, 0) is 36.9 Å². The lowest BCUT2D eigenvalue weighted by Crippen LogP contribution is -2.01. The summed E-state index contributed by atoms with van der Waals surface area (Å²) in [6.07, 6.45) is 0. The number of hydrogen-bond donors (Lipinski definition) is 1. The van der Waals surface area contributed by atoms with Gasteiger partial charge in [0.05, 0.1) is 5.56 Å². The molecule has 0 saturated carbocycles. The van der Waals surface area contributed by atoms with Crippen LogP contribution >= 0.6 is 23.5 Å². The maximum absolute atomic E-state index is 11.5. The molecule has 0 fully saturated rings. The van der Waals surface area contributed by atoms with Gasteiger partial charge < -0.3 is 5.11 Å². The van der Waals surface area contributed by atoms with Crippen LogP contribution in [0.15, 0.2) is 57.2 Å². The van der Waals surface area contributed by atoms with E-state index in [4.69, 9.17) is 0 Å². The highest BCUT2D eigenvalue weighted by atomic mass is 32.2. The van der Waals surface area contributed by atoms with E-state index < -0.39 is 5.97 Å². The minimum Gasteiger partial charge on any atom is -0.478 e. The monoisotopic (exact) mass is 304 g/mol. The van der Waals surface area contributed by atoms with Crippen molar-refractivity contribution in [3.63, 3.8) is 0 Å². The van der Waals surface area contributed by atoms with E-state index in [1.54, 1.807) is 11.8 Å². The van der Waals surface area contributed by atoms with Crippen molar-refractivity contribution in [3.8, 4) is 0 Å². The molecule has 0 bridgehead atoms. The van der Waals surface area contributed by atoms with E-state index in [1.165, 1.54) is 17.3 Å². The molecule has 0 atom stereocenters. The van der Waals surface area contributed by atoms with Gasteiger partial charge in [0, 0.05) is 14.7 Å². The average Bonchev–Trinajstić information content (AvgIpc) is 2.39. The minimum atomic E-state index is -0.864. The van der Waals surface area contributed by atoms with Gasteiger partial charge >= 0.3 is 5.97 Å². The largest absolute Gasteiger partial charge is 0.478 e. The lowest BCUT2D eigenvalue weighted by molar-refractivity contribution is 0.0689. The topological polar surface area (TPSA) is 37.3 Å². The Labute approximate surface area is 127 Å². The number of hydrogen-bond acceptors (Lipinski definition) is 3. The van der Waals surface area contributed by atoms with Crippen LogP contribution in [0, 0.1) is 6.92 Å². The first-order valence-corrected chi connectivity index (χ1v) is 8.15. The van der Waals surface area contributed by atoms with Gasteiger partial charge in [0.1, 0.15) is 0 Å². The highest BCUT2D eigenvalue weighted by molar-refractivity contribution is 8.00. The molecule has 0 spiro atoms. The summed E-state index contributed by atoms with van der Waals surface area (Å²) in [7, 11) is 0. The maximum atomic E-state index is 11.5. The molecule has 4 heteroatoms. The molecule has 2 nitrogen and oxygen atoms in total. The maximum Gasteiger partial charge on any atom is 0.337 e. The highest BCUT2D eigenvalue weighted by Crippen LogP contribution is 2.35. The Kier molecular flexibility index (Phi) is 5.15. The molecule has 2 aromatic carbocycles. The highest BCUT2D eigenvalue weighted by Gasteiger charge is 2.16. The van der Waals surface area contributed by atoms with E-state index in [0.29, 0.717) is 5.56 Å². The van der Waals surface area contributed by atoms with E-state index in [2.05, 4.69) is 6.07 Å². The van der Waals surface area contributed by atoms with Crippen LogP contribution in [-0.4, -0.2) is 16.8 Å². The quantitative estimate of drug-likeness (QED) is 0.792. The summed E-state index contributed by atoms with van der Waals surface area (Å²) >= 11 is 3.07. The molecule has 0 radical (unpaired) electrons. The Morgan fingerprint density at radius 3 is 2.50 bits per heavy atom. The number of aromatic carboxylic acids is 1. The predicted molar refractivity (Wildman–Crippen MR) is 85.1 cm³/mol. The van der Waals surface area contributed by atoms with Crippen molar-refractivity contribution in [2.75, 3.05) is 5.75 Å². The third-order valence-corrected chi connectivity index (χ3v) is 4.71. The van der Waals surface area contributed by atoms with Crippen LogP contribution in [0.1, 0.15) is 22.8 Å². The van der Waals surface area contributed by atoms with Crippen LogP contribution < -0.4 is 0 Å². The number of rotatable bonds is 5. The molecule has 0 unspecified atom stereocenters. The van der Waals surface area contributed by atoms with Gasteiger partial charge in [-0.1, -0.05) is 42.4 Å². The van der Waals surface area contributed by atoms with Crippen LogP contribution in [0.4, 0.5) is 0 Å². The fourth-order valence-electron chi connectivity index (χ4n) is 1.89. The van der Waals surface area contributed by atoms with Gasteiger partial charge in [0.2, 0.25) is 0 Å². The molecular weight excluding hydrogens is 288 g/mol. The second kappa shape index (κ2) is 6.86. The van der Waals surface area contributed by atoms with Gasteiger partial charge in [0.15, 0.2) is 0 Å². The fraction of sp³-hybridized carbons (Fsp3) is 0.188. The SMILES string of the molecule is CCSc1cccc(Sc2cccc(C)c2)c1C(=O)O. The second-order valence-corrected chi connectivity index (χ2v) is 6.71. The van der Waals surface area contributed by atoms with Crippen molar-refractivity contribution < 1.29 is 9.90 Å². The van der Waals surface area contributed by atoms with E-state index in [1.807, 2.05) is 50.2 Å². The molecule has 0 heterocycles. The lowest BCUT2D eigenvalue weighted by Gasteiger charge is -2.10. The third kappa shape index (κ3) is 3.58. The Balaban J connectivity index is 2.40. The second-order valence-electron chi connectivity index (χ2n) is 4.29. The summed E-state index contributed by atoms with van der Waals surface area (Å²) in [5.41, 5.74) is 1.58. The summed E-state index contributed by atoms with van der Waals surface area (Å²) in [5.74, 6) is -0.00420. The van der Waals surface area contributed by atoms with Crippen molar-refractivity contribution >= 4 is 29.5 Å². The molecule has 2 rings (SSSR count). The zero-order valence-corrected chi connectivity index (χ0v) is 13.1. The summed E-state index contributed by atoms with van der Waals surface area (Å²) in [6, 6.07) is 13.8. The van der Waals surface area contributed by atoms with E-state index in [0.717, 1.165) is 20.4 Å². The molecule has 104 valence electrons. The number of thioether (sulfide) groups is 1. The average molecular weight is 304 g/mol. The standard InChI is InChI=1S/C16H16O2S2/c1-3-19-13-8-5-9-14(15(13)16(17)18)20-12-7-4-6-11(2)10-12/h4-10H,3H2,1-2H3,(H,17,18). The molecule has 1 N–H and O–H groups in total. The van der Waals surface area contributed by atoms with Crippen LogP contribution in [0.3, 0.4) is 0 Å². The summed E-state index contributed by atoms with van der Waals surface area (Å²) in [4.78, 5) is 14.2. The van der Waals surface area contributed by atoms with Crippen molar-refractivity contribution in [2.24, 2.45) is 0 Å². The van der Waals surface area contributed by atoms with Gasteiger partial charge in [-0.15, -0.1) is 11.8 Å². The fourth-order valence-corrected chi connectivity index (χ4v) is 3.87. The smallest absolute Gasteiger partial charge is 0.337 e. The summed E-state index contributed by atoms with van der Waals surface area (Å²) < 4.78 is 0. The third-order valence-electron chi connectivity index (χ3n) is 2.72. The Morgan fingerprint density at radius 1 is 1.15 bits per heavy atom. The van der Waals surface area contributed by atoms with Crippen LogP contribution in [0.25, 0.3) is 0 Å². The Hall–Kier alpha value is -1.39. The van der Waals surface area contributed by atoms with Gasteiger partial charge in [0.25, 0.3) is 0 Å². The van der Waals surface area contributed by atoms with Crippen molar-refractivity contribution in [1.82, 2.24) is 0 Å². The number of carbonyl (C=O) groups is 1. The first-order valence-electron chi connectivity index (χ1n) is 6.35. The van der Waals surface area contributed by atoms with Crippen molar-refractivity contribution in [3.05, 3.63) is 53.6 Å². The van der Waals surface area contributed by atoms with Crippen LogP contribution in [-0.2, 0) is 0 Å². The first-order chi connectivity index (χ1) is 9.61. The number of carboxylic acid groups (broad SMARTS) is 1. The normalized spacial score (nSPS) is 10.5. The molecule has 0 aromatic heterocycles. The number of benzene rings is 2. The van der Waals surface area contributed by atoms with Gasteiger partial charge in [-0.25, -0.2) is 4.79 Å². The minimum absolute atomic E-state index is 0.408.